The fourth-order valence-corrected chi connectivity index (χ4v) is 4.96. The molecule has 3 rings (SSSR count). The number of likely N-dealkylation sites (tertiary alicyclic amines) is 1. The average Bonchev–Trinajstić information content (AvgIpc) is 3.04. The van der Waals surface area contributed by atoms with E-state index in [1.165, 1.54) is 11.1 Å². The summed E-state index contributed by atoms with van der Waals surface area (Å²) < 4.78 is 21.0. The number of unbranched alkanes of at least 4 members (excludes halogenated alkanes) is 1. The second-order valence-corrected chi connectivity index (χ2v) is 11.0. The van der Waals surface area contributed by atoms with Gasteiger partial charge in [-0.25, -0.2) is 4.79 Å². The molecule has 10 nitrogen and oxygen atoms in total. The topological polar surface area (TPSA) is 113 Å². The Hall–Kier alpha value is -3.31. The maximum atomic E-state index is 12.4. The van der Waals surface area contributed by atoms with Gasteiger partial charge in [-0.05, 0) is 61.1 Å². The van der Waals surface area contributed by atoms with Crippen LogP contribution < -0.4 is 5.48 Å². The number of piperidine rings is 1. The first kappa shape index (κ1) is 35.2. The van der Waals surface area contributed by atoms with Crippen molar-refractivity contribution in [3.05, 3.63) is 71.3 Å². The lowest BCUT2D eigenvalue weighted by atomic mass is 9.93. The van der Waals surface area contributed by atoms with Gasteiger partial charge in [0.2, 0.25) is 5.91 Å². The molecule has 0 atom stereocenters. The summed E-state index contributed by atoms with van der Waals surface area (Å²) in [6.07, 6.45) is 6.05. The predicted octanol–water partition coefficient (Wildman–Crippen LogP) is 3.69. The van der Waals surface area contributed by atoms with Crippen LogP contribution in [-0.4, -0.2) is 89.1 Å². The summed E-state index contributed by atoms with van der Waals surface area (Å²) in [5.74, 6) is -0.807. The van der Waals surface area contributed by atoms with Crippen molar-refractivity contribution in [1.82, 2.24) is 10.4 Å². The molecule has 1 aliphatic heterocycles. The van der Waals surface area contributed by atoms with Crippen LogP contribution in [0.3, 0.4) is 0 Å². The monoisotopic (exact) mass is 612 g/mol. The molecule has 0 saturated carbocycles. The minimum absolute atomic E-state index is 0.00389. The third-order valence-electron chi connectivity index (χ3n) is 7.51. The molecule has 0 aromatic heterocycles. The summed E-state index contributed by atoms with van der Waals surface area (Å²) in [7, 11) is 1.62. The number of rotatable bonds is 20. The molecule has 1 heterocycles. The van der Waals surface area contributed by atoms with E-state index in [2.05, 4.69) is 41.9 Å². The Morgan fingerprint density at radius 2 is 1.32 bits per heavy atom. The molecule has 0 unspecified atom stereocenters. The van der Waals surface area contributed by atoms with Crippen LogP contribution in [0, 0.1) is 5.92 Å². The van der Waals surface area contributed by atoms with E-state index >= 15 is 0 Å². The second-order valence-electron chi connectivity index (χ2n) is 11.0. The van der Waals surface area contributed by atoms with Crippen molar-refractivity contribution < 1.29 is 38.2 Å². The number of aryl methyl sites for hydroxylation is 2. The van der Waals surface area contributed by atoms with E-state index in [1.807, 2.05) is 18.2 Å². The van der Waals surface area contributed by atoms with E-state index in [9.17, 15) is 14.4 Å². The van der Waals surface area contributed by atoms with Crippen molar-refractivity contribution in [3.8, 4) is 0 Å². The van der Waals surface area contributed by atoms with E-state index < -0.39 is 5.97 Å². The lowest BCUT2D eigenvalue weighted by Gasteiger charge is -2.31. The zero-order valence-corrected chi connectivity index (χ0v) is 26.0. The van der Waals surface area contributed by atoms with Crippen molar-refractivity contribution in [2.45, 2.75) is 51.4 Å². The highest BCUT2D eigenvalue weighted by molar-refractivity contribution is 5.80. The smallest absolute Gasteiger partial charge is 0.332 e. The Bertz CT molecular complexity index is 1090. The molecular weight excluding hydrogens is 564 g/mol. The van der Waals surface area contributed by atoms with E-state index in [1.54, 1.807) is 12.0 Å². The van der Waals surface area contributed by atoms with Gasteiger partial charge in [0.05, 0.1) is 52.5 Å². The molecule has 44 heavy (non-hydrogen) atoms. The van der Waals surface area contributed by atoms with Crippen molar-refractivity contribution in [2.24, 2.45) is 5.92 Å². The van der Waals surface area contributed by atoms with Gasteiger partial charge < -0.3 is 28.7 Å². The van der Waals surface area contributed by atoms with Crippen LogP contribution in [0.15, 0.2) is 54.6 Å². The Balaban J connectivity index is 1.19. The summed E-state index contributed by atoms with van der Waals surface area (Å²) in [4.78, 5) is 43.8. The van der Waals surface area contributed by atoms with Crippen molar-refractivity contribution >= 4 is 17.8 Å². The summed E-state index contributed by atoms with van der Waals surface area (Å²) in [5.41, 5.74) is 5.75. The number of methoxy groups -OCH3 is 1. The molecule has 0 bridgehead atoms. The van der Waals surface area contributed by atoms with Crippen molar-refractivity contribution in [3.63, 3.8) is 0 Å². The Kier molecular flexibility index (Phi) is 17.1. The zero-order valence-electron chi connectivity index (χ0n) is 26.0. The molecule has 0 aliphatic carbocycles. The lowest BCUT2D eigenvalue weighted by Crippen LogP contribution is -2.41. The second kappa shape index (κ2) is 21.4. The molecular formula is C34H48N2O8. The van der Waals surface area contributed by atoms with Crippen LogP contribution in [0.25, 0.3) is 0 Å². The van der Waals surface area contributed by atoms with Crippen LogP contribution in [0.2, 0.25) is 0 Å². The SMILES string of the molecule is COCCOCCOCCOCC(=O)N1CCC(CC(=O)ONC(=O)Cc2ccc(CCCCc3ccccc3)cc2)CC1. The number of carbonyl (C=O) groups is 3. The molecule has 1 fully saturated rings. The van der Waals surface area contributed by atoms with Crippen LogP contribution >= 0.6 is 0 Å². The predicted molar refractivity (Wildman–Crippen MR) is 166 cm³/mol. The molecule has 2 aromatic rings. The molecule has 2 aromatic carbocycles. The third kappa shape index (κ3) is 14.9. The van der Waals surface area contributed by atoms with Crippen LogP contribution in [0.5, 0.6) is 0 Å². The van der Waals surface area contributed by atoms with E-state index in [-0.39, 0.29) is 37.2 Å². The number of hydroxylamine groups is 1. The number of nitrogens with one attached hydrogen (secondary N) is 1. The first-order chi connectivity index (χ1) is 21.5. The highest BCUT2D eigenvalue weighted by Crippen LogP contribution is 2.21. The van der Waals surface area contributed by atoms with E-state index in [0.717, 1.165) is 31.2 Å². The van der Waals surface area contributed by atoms with Crippen LogP contribution in [-0.2, 0) is 57.4 Å². The summed E-state index contributed by atoms with van der Waals surface area (Å²) >= 11 is 0. The fourth-order valence-electron chi connectivity index (χ4n) is 4.96. The zero-order chi connectivity index (χ0) is 31.2. The maximum Gasteiger partial charge on any atom is 0.332 e. The lowest BCUT2D eigenvalue weighted by molar-refractivity contribution is -0.159. The molecule has 0 spiro atoms. The summed E-state index contributed by atoms with van der Waals surface area (Å²) in [6.45, 7) is 3.89. The average molecular weight is 613 g/mol. The number of hydrogen-bond donors (Lipinski definition) is 1. The van der Waals surface area contributed by atoms with Crippen LogP contribution in [0.4, 0.5) is 0 Å². The minimum Gasteiger partial charge on any atom is -0.382 e. The van der Waals surface area contributed by atoms with Gasteiger partial charge in [-0.2, -0.15) is 5.48 Å². The van der Waals surface area contributed by atoms with Gasteiger partial charge in [0.15, 0.2) is 0 Å². The highest BCUT2D eigenvalue weighted by Gasteiger charge is 2.25. The first-order valence-corrected chi connectivity index (χ1v) is 15.6. The van der Waals surface area contributed by atoms with Gasteiger partial charge in [-0.1, -0.05) is 54.6 Å². The van der Waals surface area contributed by atoms with E-state index in [0.29, 0.717) is 65.6 Å². The molecule has 242 valence electrons. The Labute approximate surface area is 261 Å². The quantitative estimate of drug-likeness (QED) is 0.178. The van der Waals surface area contributed by atoms with Gasteiger partial charge >= 0.3 is 5.97 Å². The molecule has 2 amide bonds. The Morgan fingerprint density at radius 1 is 0.750 bits per heavy atom. The highest BCUT2D eigenvalue weighted by atomic mass is 16.7. The first-order valence-electron chi connectivity index (χ1n) is 15.6. The van der Waals surface area contributed by atoms with Crippen LogP contribution in [0.1, 0.15) is 48.8 Å². The van der Waals surface area contributed by atoms with E-state index in [4.69, 9.17) is 23.8 Å². The Morgan fingerprint density at radius 3 is 1.95 bits per heavy atom. The number of nitrogens with zero attached hydrogens (tertiary/aromatic N) is 1. The van der Waals surface area contributed by atoms with Gasteiger partial charge in [0.1, 0.15) is 6.61 Å². The third-order valence-corrected chi connectivity index (χ3v) is 7.51. The van der Waals surface area contributed by atoms with Gasteiger partial charge in [-0.15, -0.1) is 0 Å². The normalized spacial score (nSPS) is 13.5. The molecule has 0 radical (unpaired) electrons. The number of benzene rings is 2. The van der Waals surface area contributed by atoms with Crippen molar-refractivity contribution in [2.75, 3.05) is 66.4 Å². The largest absolute Gasteiger partial charge is 0.382 e. The van der Waals surface area contributed by atoms with Gasteiger partial charge in [-0.3, -0.25) is 9.59 Å². The van der Waals surface area contributed by atoms with Gasteiger partial charge in [0.25, 0.3) is 5.91 Å². The molecule has 10 heteroatoms. The van der Waals surface area contributed by atoms with Crippen molar-refractivity contribution in [1.29, 1.82) is 0 Å². The fraction of sp³-hybridized carbons (Fsp3) is 0.559. The number of carbonyl (C=O) groups excluding carboxylic acids is 3. The standard InChI is InChI=1S/C34H48N2O8/c1-40-19-20-41-21-22-42-23-24-43-27-33(38)36-17-15-31(16-18-36)26-34(39)44-35-32(37)25-30-13-11-29(12-14-30)10-6-5-9-28-7-3-2-4-8-28/h2-4,7-8,11-14,31H,5-6,9-10,15-27H2,1H3,(H,35,37). The summed E-state index contributed by atoms with van der Waals surface area (Å²) in [6, 6.07) is 18.5. The molecule has 1 saturated heterocycles. The minimum atomic E-state index is -0.471. The molecule has 1 aliphatic rings. The number of hydrogen-bond acceptors (Lipinski definition) is 8. The number of ether oxygens (including phenoxy) is 4. The maximum absolute atomic E-state index is 12.4. The molecule has 1 N–H and O–H groups in total. The summed E-state index contributed by atoms with van der Waals surface area (Å²) in [5, 5.41) is 0. The number of amides is 2. The van der Waals surface area contributed by atoms with Gasteiger partial charge in [0, 0.05) is 20.2 Å².